The van der Waals surface area contributed by atoms with Crippen LogP contribution in [0.15, 0.2) is 18.2 Å². The van der Waals surface area contributed by atoms with Gasteiger partial charge in [-0.1, -0.05) is 6.07 Å². The van der Waals surface area contributed by atoms with Crippen molar-refractivity contribution in [3.63, 3.8) is 0 Å². The Balaban J connectivity index is 1.90. The molecule has 0 saturated carbocycles. The zero-order valence-electron chi connectivity index (χ0n) is 15.8. The first-order valence-corrected chi connectivity index (χ1v) is 9.55. The maximum Gasteiger partial charge on any atom is 0.494 e. The number of benzene rings is 1. The van der Waals surface area contributed by atoms with Crippen LogP contribution in [0.25, 0.3) is 10.2 Å². The van der Waals surface area contributed by atoms with Crippen molar-refractivity contribution >= 4 is 40.0 Å². The van der Waals surface area contributed by atoms with E-state index < -0.39 is 7.12 Å². The number of carbonyl (C=O) groups excluding carboxylic acids is 1. The van der Waals surface area contributed by atoms with Gasteiger partial charge < -0.3 is 14.2 Å². The predicted molar refractivity (Wildman–Crippen MR) is 103 cm³/mol. The average Bonchev–Trinajstić information content (AvgIpc) is 3.06. The Kier molecular flexibility index (Phi) is 4.68. The van der Waals surface area contributed by atoms with Crippen LogP contribution < -0.4 is 5.46 Å². The first-order chi connectivity index (χ1) is 11.7. The van der Waals surface area contributed by atoms with Crippen LogP contribution >= 0.6 is 11.3 Å². The normalized spacial score (nSPS) is 18.7. The average molecular weight is 360 g/mol. The standard InChI is InChI=1S/C18H25BN2O3S/c1-7-21(8-2)16(22)15-20-13-10-9-12(11-14(13)25-15)19-23-17(3,4)18(5,6)24-19/h9-11H,7-8H2,1-6H3. The molecule has 1 aromatic carbocycles. The van der Waals surface area contributed by atoms with Crippen LogP contribution in [0.3, 0.4) is 0 Å². The predicted octanol–water partition coefficient (Wildman–Crippen LogP) is 3.08. The molecule has 1 aliphatic heterocycles. The molecular formula is C18H25BN2O3S. The highest BCUT2D eigenvalue weighted by Gasteiger charge is 2.51. The maximum absolute atomic E-state index is 12.5. The molecular weight excluding hydrogens is 335 g/mol. The van der Waals surface area contributed by atoms with E-state index >= 15 is 0 Å². The molecule has 0 aliphatic carbocycles. The van der Waals surface area contributed by atoms with Crippen molar-refractivity contribution in [1.82, 2.24) is 9.88 Å². The summed E-state index contributed by atoms with van der Waals surface area (Å²) in [5.41, 5.74) is 1.05. The molecule has 0 spiro atoms. The van der Waals surface area contributed by atoms with E-state index in [2.05, 4.69) is 4.98 Å². The molecule has 1 amide bonds. The number of fused-ring (bicyclic) bond motifs is 1. The molecule has 1 aliphatic rings. The number of rotatable bonds is 4. The fourth-order valence-corrected chi connectivity index (χ4v) is 3.79. The molecule has 0 bridgehead atoms. The minimum atomic E-state index is -0.404. The van der Waals surface area contributed by atoms with Gasteiger partial charge in [-0.05, 0) is 59.1 Å². The monoisotopic (exact) mass is 360 g/mol. The Morgan fingerprint density at radius 3 is 2.32 bits per heavy atom. The van der Waals surface area contributed by atoms with E-state index in [1.807, 2.05) is 59.7 Å². The van der Waals surface area contributed by atoms with Gasteiger partial charge in [-0.15, -0.1) is 11.3 Å². The van der Waals surface area contributed by atoms with Crippen LogP contribution in [0.1, 0.15) is 51.3 Å². The van der Waals surface area contributed by atoms with Gasteiger partial charge in [0.05, 0.1) is 21.4 Å². The number of carbonyl (C=O) groups is 1. The van der Waals surface area contributed by atoms with Crippen molar-refractivity contribution in [2.75, 3.05) is 13.1 Å². The van der Waals surface area contributed by atoms with Crippen LogP contribution in [0.5, 0.6) is 0 Å². The third-order valence-electron chi connectivity index (χ3n) is 5.17. The number of aromatic nitrogens is 1. The van der Waals surface area contributed by atoms with Crippen LogP contribution in [-0.4, -0.2) is 47.2 Å². The van der Waals surface area contributed by atoms with Crippen molar-refractivity contribution < 1.29 is 14.1 Å². The lowest BCUT2D eigenvalue weighted by Gasteiger charge is -2.32. The van der Waals surface area contributed by atoms with Crippen molar-refractivity contribution in [2.45, 2.75) is 52.7 Å². The van der Waals surface area contributed by atoms with Crippen LogP contribution in [0.2, 0.25) is 0 Å². The van der Waals surface area contributed by atoms with Gasteiger partial charge in [0, 0.05) is 13.1 Å². The Labute approximate surface area is 153 Å². The number of nitrogens with zero attached hydrogens (tertiary/aromatic N) is 2. The highest BCUT2D eigenvalue weighted by Crippen LogP contribution is 2.36. The summed E-state index contributed by atoms with van der Waals surface area (Å²) in [4.78, 5) is 18.8. The Morgan fingerprint density at radius 2 is 1.76 bits per heavy atom. The van der Waals surface area contributed by atoms with Crippen molar-refractivity contribution in [3.8, 4) is 0 Å². The van der Waals surface area contributed by atoms with Crippen LogP contribution in [-0.2, 0) is 9.31 Å². The minimum absolute atomic E-state index is 0.0108. The van der Waals surface area contributed by atoms with Gasteiger partial charge >= 0.3 is 7.12 Å². The quantitative estimate of drug-likeness (QED) is 0.787. The molecule has 2 aromatic rings. The van der Waals surface area contributed by atoms with Gasteiger partial charge in [-0.25, -0.2) is 4.98 Å². The van der Waals surface area contributed by atoms with E-state index in [1.54, 1.807) is 4.90 Å². The summed E-state index contributed by atoms with van der Waals surface area (Å²) in [6, 6.07) is 5.93. The van der Waals surface area contributed by atoms with Crippen molar-refractivity contribution in [1.29, 1.82) is 0 Å². The lowest BCUT2D eigenvalue weighted by Crippen LogP contribution is -2.41. The topological polar surface area (TPSA) is 51.7 Å². The summed E-state index contributed by atoms with van der Waals surface area (Å²) in [5.74, 6) is -0.0108. The summed E-state index contributed by atoms with van der Waals surface area (Å²) in [5, 5.41) is 0.532. The number of amides is 1. The fourth-order valence-electron chi connectivity index (χ4n) is 2.80. The van der Waals surface area contributed by atoms with Gasteiger partial charge in [-0.2, -0.15) is 0 Å². The molecule has 134 valence electrons. The van der Waals surface area contributed by atoms with E-state index in [9.17, 15) is 4.79 Å². The molecule has 7 heteroatoms. The number of thiazole rings is 1. The van der Waals surface area contributed by atoms with Gasteiger partial charge in [0.15, 0.2) is 5.01 Å². The first-order valence-electron chi connectivity index (χ1n) is 8.74. The van der Waals surface area contributed by atoms with Crippen molar-refractivity contribution in [2.24, 2.45) is 0 Å². The number of hydrogen-bond acceptors (Lipinski definition) is 5. The molecule has 1 saturated heterocycles. The summed E-state index contributed by atoms with van der Waals surface area (Å²) in [6.45, 7) is 13.5. The first kappa shape index (κ1) is 18.4. The number of hydrogen-bond donors (Lipinski definition) is 0. The fraction of sp³-hybridized carbons (Fsp3) is 0.556. The van der Waals surface area contributed by atoms with Gasteiger partial charge in [0.1, 0.15) is 0 Å². The van der Waals surface area contributed by atoms with Gasteiger partial charge in [0.2, 0.25) is 0 Å². The molecule has 0 N–H and O–H groups in total. The second-order valence-electron chi connectivity index (χ2n) is 7.31. The van der Waals surface area contributed by atoms with Crippen LogP contribution in [0.4, 0.5) is 0 Å². The lowest BCUT2D eigenvalue weighted by atomic mass is 9.79. The molecule has 0 radical (unpaired) electrons. The zero-order chi connectivity index (χ0) is 18.4. The van der Waals surface area contributed by atoms with Gasteiger partial charge in [-0.3, -0.25) is 4.79 Å². The molecule has 3 rings (SSSR count). The minimum Gasteiger partial charge on any atom is -0.399 e. The largest absolute Gasteiger partial charge is 0.494 e. The maximum atomic E-state index is 12.5. The van der Waals surface area contributed by atoms with Crippen molar-refractivity contribution in [3.05, 3.63) is 23.2 Å². The molecule has 0 atom stereocenters. The van der Waals surface area contributed by atoms with E-state index in [4.69, 9.17) is 9.31 Å². The Morgan fingerprint density at radius 1 is 1.16 bits per heavy atom. The highest BCUT2D eigenvalue weighted by atomic mass is 32.1. The van der Waals surface area contributed by atoms with Crippen LogP contribution in [0, 0.1) is 0 Å². The zero-order valence-corrected chi connectivity index (χ0v) is 16.6. The van der Waals surface area contributed by atoms with Gasteiger partial charge in [0.25, 0.3) is 5.91 Å². The summed E-state index contributed by atoms with van der Waals surface area (Å²) in [7, 11) is -0.404. The molecule has 2 heterocycles. The second kappa shape index (κ2) is 6.38. The SMILES string of the molecule is CCN(CC)C(=O)c1nc2ccc(B3OC(C)(C)C(C)(C)O3)cc2s1. The molecule has 1 fully saturated rings. The summed E-state index contributed by atoms with van der Waals surface area (Å²) >= 11 is 1.42. The summed E-state index contributed by atoms with van der Waals surface area (Å²) in [6.07, 6.45) is 0. The molecule has 5 nitrogen and oxygen atoms in total. The molecule has 0 unspecified atom stereocenters. The third kappa shape index (κ3) is 3.21. The third-order valence-corrected chi connectivity index (χ3v) is 6.18. The van der Waals surface area contributed by atoms with E-state index in [1.165, 1.54) is 11.3 Å². The summed E-state index contributed by atoms with van der Waals surface area (Å²) < 4.78 is 13.2. The Bertz CT molecular complexity index is 783. The van der Waals surface area contributed by atoms with E-state index in [0.717, 1.165) is 15.7 Å². The smallest absolute Gasteiger partial charge is 0.399 e. The molecule has 1 aromatic heterocycles. The van der Waals surface area contributed by atoms with E-state index in [0.29, 0.717) is 18.1 Å². The lowest BCUT2D eigenvalue weighted by molar-refractivity contribution is 0.00578. The van der Waals surface area contributed by atoms with E-state index in [-0.39, 0.29) is 17.1 Å². The molecule has 25 heavy (non-hydrogen) atoms. The second-order valence-corrected chi connectivity index (χ2v) is 8.34. The highest BCUT2D eigenvalue weighted by molar-refractivity contribution is 7.20. The Hall–Kier alpha value is -1.44.